The van der Waals surface area contributed by atoms with Crippen molar-refractivity contribution in [3.63, 3.8) is 0 Å². The van der Waals surface area contributed by atoms with Crippen molar-refractivity contribution >= 4 is 5.91 Å². The van der Waals surface area contributed by atoms with Crippen LogP contribution in [-0.2, 0) is 4.79 Å². The van der Waals surface area contributed by atoms with Crippen molar-refractivity contribution in [1.29, 1.82) is 0 Å². The average Bonchev–Trinajstić information content (AvgIpc) is 2.74. The first-order valence-corrected chi connectivity index (χ1v) is 6.24. The SMILES string of the molecule is CC1NCCN(C(=O)C2CCCC2)C1C. The van der Waals surface area contributed by atoms with E-state index in [4.69, 9.17) is 0 Å². The van der Waals surface area contributed by atoms with E-state index in [9.17, 15) is 4.79 Å². The number of hydrogen-bond acceptors (Lipinski definition) is 2. The smallest absolute Gasteiger partial charge is 0.226 e. The Morgan fingerprint density at radius 3 is 2.60 bits per heavy atom. The molecule has 0 spiro atoms. The number of amides is 1. The number of carbonyl (C=O) groups excluding carboxylic acids is 1. The third-order valence-corrected chi connectivity index (χ3v) is 4.02. The van der Waals surface area contributed by atoms with Gasteiger partial charge in [-0.3, -0.25) is 4.79 Å². The van der Waals surface area contributed by atoms with Crippen molar-refractivity contribution in [1.82, 2.24) is 10.2 Å². The van der Waals surface area contributed by atoms with E-state index in [0.29, 0.717) is 23.9 Å². The van der Waals surface area contributed by atoms with Crippen molar-refractivity contribution in [2.75, 3.05) is 13.1 Å². The van der Waals surface area contributed by atoms with Gasteiger partial charge >= 0.3 is 0 Å². The van der Waals surface area contributed by atoms with Crippen LogP contribution in [0.4, 0.5) is 0 Å². The van der Waals surface area contributed by atoms with Gasteiger partial charge in [0.25, 0.3) is 0 Å². The van der Waals surface area contributed by atoms with Gasteiger partial charge in [0.15, 0.2) is 0 Å². The van der Waals surface area contributed by atoms with Crippen molar-refractivity contribution in [3.05, 3.63) is 0 Å². The quantitative estimate of drug-likeness (QED) is 0.709. The van der Waals surface area contributed by atoms with Gasteiger partial charge < -0.3 is 10.2 Å². The van der Waals surface area contributed by atoms with E-state index >= 15 is 0 Å². The number of nitrogens with zero attached hydrogens (tertiary/aromatic N) is 1. The van der Waals surface area contributed by atoms with Crippen LogP contribution in [0.15, 0.2) is 0 Å². The zero-order chi connectivity index (χ0) is 10.8. The Labute approximate surface area is 92.2 Å². The lowest BCUT2D eigenvalue weighted by molar-refractivity contribution is -0.139. The molecule has 2 aliphatic rings. The Morgan fingerprint density at radius 1 is 1.27 bits per heavy atom. The van der Waals surface area contributed by atoms with Gasteiger partial charge in [-0.2, -0.15) is 0 Å². The molecule has 1 saturated carbocycles. The van der Waals surface area contributed by atoms with Gasteiger partial charge in [-0.25, -0.2) is 0 Å². The number of hydrogen-bond donors (Lipinski definition) is 1. The van der Waals surface area contributed by atoms with Crippen LogP contribution >= 0.6 is 0 Å². The molecular formula is C12H22N2O. The first-order valence-electron chi connectivity index (χ1n) is 6.24. The van der Waals surface area contributed by atoms with E-state index in [1.807, 2.05) is 0 Å². The number of nitrogens with one attached hydrogen (secondary N) is 1. The summed E-state index contributed by atoms with van der Waals surface area (Å²) in [5.41, 5.74) is 0. The van der Waals surface area contributed by atoms with Crippen molar-refractivity contribution in [2.45, 2.75) is 51.6 Å². The summed E-state index contributed by atoms with van der Waals surface area (Å²) in [7, 11) is 0. The van der Waals surface area contributed by atoms with Crippen LogP contribution in [-0.4, -0.2) is 36.0 Å². The number of carbonyl (C=O) groups is 1. The van der Waals surface area contributed by atoms with Crippen LogP contribution in [0, 0.1) is 5.92 Å². The van der Waals surface area contributed by atoms with E-state index in [1.165, 1.54) is 12.8 Å². The van der Waals surface area contributed by atoms with E-state index in [0.717, 1.165) is 25.9 Å². The molecule has 0 bridgehead atoms. The fourth-order valence-electron chi connectivity index (χ4n) is 2.77. The molecule has 0 radical (unpaired) electrons. The van der Waals surface area contributed by atoms with Crippen LogP contribution in [0.5, 0.6) is 0 Å². The third kappa shape index (κ3) is 2.17. The number of piperazine rings is 1. The van der Waals surface area contributed by atoms with Gasteiger partial charge in [0.05, 0.1) is 0 Å². The molecule has 0 aromatic rings. The van der Waals surface area contributed by atoms with Gasteiger partial charge in [0.2, 0.25) is 5.91 Å². The molecule has 2 atom stereocenters. The predicted molar refractivity (Wildman–Crippen MR) is 60.6 cm³/mol. The molecule has 3 heteroatoms. The molecule has 1 aliphatic carbocycles. The highest BCUT2D eigenvalue weighted by Crippen LogP contribution is 2.27. The first-order chi connectivity index (χ1) is 7.20. The zero-order valence-electron chi connectivity index (χ0n) is 9.83. The molecule has 2 fully saturated rings. The van der Waals surface area contributed by atoms with Crippen LogP contribution in [0.3, 0.4) is 0 Å². The Kier molecular flexibility index (Phi) is 3.29. The summed E-state index contributed by atoms with van der Waals surface area (Å²) in [4.78, 5) is 14.3. The lowest BCUT2D eigenvalue weighted by atomic mass is 10.0. The van der Waals surface area contributed by atoms with Crippen molar-refractivity contribution < 1.29 is 4.79 Å². The summed E-state index contributed by atoms with van der Waals surface area (Å²) in [5, 5.41) is 3.41. The van der Waals surface area contributed by atoms with Gasteiger partial charge in [0, 0.05) is 31.1 Å². The summed E-state index contributed by atoms with van der Waals surface area (Å²) in [6.45, 7) is 6.16. The molecule has 0 aromatic heterocycles. The summed E-state index contributed by atoms with van der Waals surface area (Å²) >= 11 is 0. The Hall–Kier alpha value is -0.570. The Morgan fingerprint density at radius 2 is 1.93 bits per heavy atom. The molecule has 2 rings (SSSR count). The van der Waals surface area contributed by atoms with E-state index in [-0.39, 0.29) is 0 Å². The molecule has 1 amide bonds. The maximum atomic E-state index is 12.3. The molecular weight excluding hydrogens is 188 g/mol. The average molecular weight is 210 g/mol. The summed E-state index contributed by atoms with van der Waals surface area (Å²) in [6, 6.07) is 0.788. The standard InChI is InChI=1S/C12H22N2O/c1-9-10(2)14(8-7-13-9)12(15)11-5-3-4-6-11/h9-11,13H,3-8H2,1-2H3. The molecule has 1 saturated heterocycles. The summed E-state index contributed by atoms with van der Waals surface area (Å²) in [5.74, 6) is 0.742. The third-order valence-electron chi connectivity index (χ3n) is 4.02. The van der Waals surface area contributed by atoms with Gasteiger partial charge in [-0.15, -0.1) is 0 Å². The largest absolute Gasteiger partial charge is 0.337 e. The summed E-state index contributed by atoms with van der Waals surface area (Å²) in [6.07, 6.45) is 4.71. The minimum atomic E-state index is 0.331. The van der Waals surface area contributed by atoms with E-state index in [2.05, 4.69) is 24.1 Å². The van der Waals surface area contributed by atoms with Crippen LogP contribution < -0.4 is 5.32 Å². The second-order valence-electron chi connectivity index (χ2n) is 5.00. The second-order valence-corrected chi connectivity index (χ2v) is 5.00. The van der Waals surface area contributed by atoms with Crippen molar-refractivity contribution in [3.8, 4) is 0 Å². The molecule has 3 nitrogen and oxygen atoms in total. The van der Waals surface area contributed by atoms with Crippen LogP contribution in [0.2, 0.25) is 0 Å². The maximum absolute atomic E-state index is 12.3. The molecule has 86 valence electrons. The topological polar surface area (TPSA) is 32.3 Å². The highest BCUT2D eigenvalue weighted by molar-refractivity contribution is 5.79. The lowest BCUT2D eigenvalue weighted by Gasteiger charge is -2.39. The maximum Gasteiger partial charge on any atom is 0.226 e. The lowest BCUT2D eigenvalue weighted by Crippen LogP contribution is -2.58. The van der Waals surface area contributed by atoms with Gasteiger partial charge in [0.1, 0.15) is 0 Å². The van der Waals surface area contributed by atoms with E-state index in [1.54, 1.807) is 0 Å². The molecule has 1 N–H and O–H groups in total. The van der Waals surface area contributed by atoms with Gasteiger partial charge in [-0.1, -0.05) is 12.8 Å². The Balaban J connectivity index is 1.98. The van der Waals surface area contributed by atoms with Gasteiger partial charge in [-0.05, 0) is 26.7 Å². The predicted octanol–water partition coefficient (Wildman–Crippen LogP) is 1.39. The normalized spacial score (nSPS) is 33.3. The minimum Gasteiger partial charge on any atom is -0.337 e. The van der Waals surface area contributed by atoms with E-state index < -0.39 is 0 Å². The first kappa shape index (κ1) is 10.9. The highest BCUT2D eigenvalue weighted by atomic mass is 16.2. The molecule has 1 heterocycles. The highest BCUT2D eigenvalue weighted by Gasteiger charge is 2.33. The monoisotopic (exact) mass is 210 g/mol. The molecule has 15 heavy (non-hydrogen) atoms. The van der Waals surface area contributed by atoms with Crippen molar-refractivity contribution in [2.24, 2.45) is 5.92 Å². The molecule has 0 aromatic carbocycles. The number of rotatable bonds is 1. The minimum absolute atomic E-state index is 0.331. The Bertz CT molecular complexity index is 236. The fraction of sp³-hybridized carbons (Fsp3) is 0.917. The second kappa shape index (κ2) is 4.52. The summed E-state index contributed by atoms with van der Waals surface area (Å²) < 4.78 is 0. The zero-order valence-corrected chi connectivity index (χ0v) is 9.83. The van der Waals surface area contributed by atoms with Crippen LogP contribution in [0.1, 0.15) is 39.5 Å². The molecule has 2 unspecified atom stereocenters. The molecule has 1 aliphatic heterocycles. The fourth-order valence-corrected chi connectivity index (χ4v) is 2.77. The van der Waals surface area contributed by atoms with Crippen LogP contribution in [0.25, 0.3) is 0 Å².